The van der Waals surface area contributed by atoms with Crippen LogP contribution in [-0.2, 0) is 23.4 Å². The van der Waals surface area contributed by atoms with Crippen LogP contribution in [0, 0.1) is 20.6 Å². The Balaban J connectivity index is 1.82. The largest absolute Gasteiger partial charge is 0.305 e. The van der Waals surface area contributed by atoms with Crippen LogP contribution in [0.5, 0.6) is 0 Å². The van der Waals surface area contributed by atoms with E-state index < -0.39 is 19.2 Å². The zero-order valence-corrected chi connectivity index (χ0v) is 28.4. The molecule has 0 spiro atoms. The third-order valence-corrected chi connectivity index (χ3v) is 7.96. The topological polar surface area (TPSA) is 104 Å². The minimum absolute atomic E-state index is 0.0137. The van der Waals surface area contributed by atoms with Crippen molar-refractivity contribution in [2.45, 2.75) is 99.3 Å². The van der Waals surface area contributed by atoms with Gasteiger partial charge in [-0.1, -0.05) is 64.7 Å². The second-order valence-electron chi connectivity index (χ2n) is 14.9. The van der Waals surface area contributed by atoms with Crippen molar-refractivity contribution in [2.24, 2.45) is 7.05 Å². The lowest BCUT2D eigenvalue weighted by atomic mass is 9.93. The quantitative estimate of drug-likeness (QED) is 0.200. The van der Waals surface area contributed by atoms with Gasteiger partial charge in [-0.2, -0.15) is 0 Å². The predicted molar refractivity (Wildman–Crippen MR) is 182 cm³/mol. The van der Waals surface area contributed by atoms with Crippen molar-refractivity contribution in [3.8, 4) is 28.7 Å². The molecule has 0 radical (unpaired) electrons. The van der Waals surface area contributed by atoms with Gasteiger partial charge in [0.1, 0.15) is 22.9 Å². The highest BCUT2D eigenvalue weighted by Gasteiger charge is 2.35. The number of benzene rings is 1. The van der Waals surface area contributed by atoms with Gasteiger partial charge in [0.15, 0.2) is 29.1 Å². The van der Waals surface area contributed by atoms with Crippen molar-refractivity contribution in [3.63, 3.8) is 0 Å². The number of aromatic nitrogens is 10. The van der Waals surface area contributed by atoms with Crippen molar-refractivity contribution in [1.29, 1.82) is 0 Å². The molecule has 0 saturated heterocycles. The zero-order valence-electron chi connectivity index (χ0n) is 34.4. The molecule has 6 rings (SSSR count). The SMILES string of the molecule is [2H]C([2H])([2H])c1cccc(C([2H])([2H])[2H])c1-n1c(-c2c(C)cnc3c2nc(-c2nc(C(C)(C)C)nc(C(C)(C)C)n2)n3C(C)(C)C)[n+](C)c2ncncc21. The van der Waals surface area contributed by atoms with Gasteiger partial charge in [0.2, 0.25) is 5.82 Å². The van der Waals surface area contributed by atoms with Crippen LogP contribution in [0.15, 0.2) is 36.9 Å². The van der Waals surface area contributed by atoms with E-state index in [-0.39, 0.29) is 27.6 Å². The number of hydrogen-bond acceptors (Lipinski definition) is 7. The summed E-state index contributed by atoms with van der Waals surface area (Å²) < 4.78 is 56.5. The van der Waals surface area contributed by atoms with Gasteiger partial charge < -0.3 is 4.57 Å². The standard InChI is InChI=1S/C36H45N10/c1-20-15-14-16-21(2)26(20)45-23-18-37-19-39-28(23)44(13)31(45)24-22(3)17-38-29-25(24)40-30(46(29)36(10,11)12)27-41-32(34(4,5)6)43-33(42-27)35(7,8)9/h14-19H,1-13H3/q+1/i1D3,2D3. The lowest BCUT2D eigenvalue weighted by Crippen LogP contribution is -2.31. The summed E-state index contributed by atoms with van der Waals surface area (Å²) in [6.07, 6.45) is 4.71. The van der Waals surface area contributed by atoms with Crippen molar-refractivity contribution >= 4 is 22.3 Å². The number of hydrogen-bond donors (Lipinski definition) is 0. The fourth-order valence-corrected chi connectivity index (χ4v) is 5.71. The first-order valence-corrected chi connectivity index (χ1v) is 15.3. The summed E-state index contributed by atoms with van der Waals surface area (Å²) >= 11 is 0. The molecule has 0 aliphatic rings. The molecule has 10 nitrogen and oxygen atoms in total. The van der Waals surface area contributed by atoms with Crippen LogP contribution in [0.1, 0.15) is 98.9 Å². The summed E-state index contributed by atoms with van der Waals surface area (Å²) in [5, 5.41) is 0. The highest BCUT2D eigenvalue weighted by Crippen LogP contribution is 2.38. The molecular formula is C36H45N10+. The van der Waals surface area contributed by atoms with Crippen LogP contribution in [0.4, 0.5) is 0 Å². The van der Waals surface area contributed by atoms with E-state index in [1.54, 1.807) is 24.0 Å². The number of fused-ring (bicyclic) bond motifs is 2. The smallest absolute Gasteiger partial charge is 0.301 e. The molecule has 0 unspecified atom stereocenters. The van der Waals surface area contributed by atoms with Crippen LogP contribution in [0.25, 0.3) is 51.1 Å². The lowest BCUT2D eigenvalue weighted by Gasteiger charge is -2.25. The maximum Gasteiger partial charge on any atom is 0.305 e. The molecule has 0 saturated carbocycles. The van der Waals surface area contributed by atoms with Crippen molar-refractivity contribution in [3.05, 3.63) is 65.3 Å². The Morgan fingerprint density at radius 1 is 0.783 bits per heavy atom. The fourth-order valence-electron chi connectivity index (χ4n) is 5.71. The van der Waals surface area contributed by atoms with Gasteiger partial charge in [0, 0.05) is 30.8 Å². The summed E-state index contributed by atoms with van der Waals surface area (Å²) in [4.78, 5) is 33.9. The molecular weight excluding hydrogens is 572 g/mol. The lowest BCUT2D eigenvalue weighted by molar-refractivity contribution is -0.635. The number of nitrogens with zero attached hydrogens (tertiary/aromatic N) is 10. The Morgan fingerprint density at radius 3 is 1.98 bits per heavy atom. The molecule has 6 aromatic rings. The Bertz CT molecular complexity index is 2300. The maximum absolute atomic E-state index is 8.50. The van der Waals surface area contributed by atoms with Gasteiger partial charge in [-0.05, 0) is 58.1 Å². The van der Waals surface area contributed by atoms with E-state index in [9.17, 15) is 0 Å². The fraction of sp³-hybridized carbons (Fsp3) is 0.444. The maximum atomic E-state index is 8.50. The second-order valence-corrected chi connectivity index (χ2v) is 14.9. The molecule has 0 fully saturated rings. The molecule has 0 aliphatic carbocycles. The Kier molecular flexibility index (Phi) is 5.60. The number of pyridine rings is 1. The van der Waals surface area contributed by atoms with Gasteiger partial charge in [-0.3, -0.25) is 0 Å². The van der Waals surface area contributed by atoms with E-state index in [1.807, 2.05) is 16.1 Å². The van der Waals surface area contributed by atoms with E-state index in [1.165, 1.54) is 24.5 Å². The zero-order chi connectivity index (χ0) is 38.5. The molecule has 0 N–H and O–H groups in total. The number of aryl methyl sites for hydroxylation is 4. The molecule has 0 atom stereocenters. The van der Waals surface area contributed by atoms with Gasteiger partial charge >= 0.3 is 5.65 Å². The van der Waals surface area contributed by atoms with E-state index in [0.717, 1.165) is 0 Å². The first-order chi connectivity index (χ1) is 23.8. The number of imidazole rings is 2. The highest BCUT2D eigenvalue weighted by molar-refractivity contribution is 5.93. The highest BCUT2D eigenvalue weighted by atomic mass is 15.2. The van der Waals surface area contributed by atoms with E-state index in [4.69, 9.17) is 33.1 Å². The average molecular weight is 624 g/mol. The van der Waals surface area contributed by atoms with Gasteiger partial charge in [-0.25, -0.2) is 39.0 Å². The number of para-hydroxylation sites is 1. The summed E-state index contributed by atoms with van der Waals surface area (Å²) in [7, 11) is 1.80. The molecule has 5 aromatic heterocycles. The summed E-state index contributed by atoms with van der Waals surface area (Å²) in [5.41, 5.74) is 1.68. The van der Waals surface area contributed by atoms with Crippen LogP contribution in [0.2, 0.25) is 0 Å². The summed E-state index contributed by atoms with van der Waals surface area (Å²) in [6, 6.07) is 4.35. The van der Waals surface area contributed by atoms with E-state index in [0.29, 0.717) is 62.6 Å². The summed E-state index contributed by atoms with van der Waals surface area (Å²) in [5.74, 6) is 2.59. The molecule has 1 aromatic carbocycles. The van der Waals surface area contributed by atoms with E-state index in [2.05, 4.69) is 72.3 Å². The Morgan fingerprint density at radius 2 is 1.41 bits per heavy atom. The van der Waals surface area contributed by atoms with Crippen molar-refractivity contribution in [1.82, 2.24) is 44.0 Å². The first-order valence-electron chi connectivity index (χ1n) is 18.3. The average Bonchev–Trinajstić information content (AvgIpc) is 3.55. The molecule has 0 bridgehead atoms. The monoisotopic (exact) mass is 623 g/mol. The molecule has 238 valence electrons. The molecule has 5 heterocycles. The first kappa shape index (κ1) is 24.6. The van der Waals surface area contributed by atoms with Crippen molar-refractivity contribution < 1.29 is 12.8 Å². The van der Waals surface area contributed by atoms with Gasteiger partial charge in [-0.15, -0.1) is 0 Å². The van der Waals surface area contributed by atoms with Crippen LogP contribution in [0.3, 0.4) is 0 Å². The summed E-state index contributed by atoms with van der Waals surface area (Å²) in [6.45, 7) is 15.1. The molecule has 46 heavy (non-hydrogen) atoms. The molecule has 10 heteroatoms. The van der Waals surface area contributed by atoms with Gasteiger partial charge in [0.05, 0.1) is 18.8 Å². The van der Waals surface area contributed by atoms with Crippen LogP contribution >= 0.6 is 0 Å². The predicted octanol–water partition coefficient (Wildman–Crippen LogP) is 6.78. The third-order valence-electron chi connectivity index (χ3n) is 7.96. The minimum atomic E-state index is -2.66. The third kappa shape index (κ3) is 5.04. The second kappa shape index (κ2) is 10.5. The molecule has 0 amide bonds. The Labute approximate surface area is 279 Å². The normalized spacial score (nSPS) is 15.4. The number of rotatable bonds is 3. The van der Waals surface area contributed by atoms with Crippen LogP contribution in [-0.4, -0.2) is 44.0 Å². The Hall–Kier alpha value is -4.60. The van der Waals surface area contributed by atoms with Gasteiger partial charge in [0.25, 0.3) is 0 Å². The van der Waals surface area contributed by atoms with Crippen molar-refractivity contribution in [2.75, 3.05) is 0 Å². The van der Waals surface area contributed by atoms with Crippen LogP contribution < -0.4 is 4.57 Å². The molecule has 0 aliphatic heterocycles. The van der Waals surface area contributed by atoms with E-state index >= 15 is 0 Å². The minimum Gasteiger partial charge on any atom is -0.301 e.